The van der Waals surface area contributed by atoms with Crippen LogP contribution in [-0.4, -0.2) is 54.7 Å². The number of carbonyl (C=O) groups excluding carboxylic acids is 1. The van der Waals surface area contributed by atoms with Gasteiger partial charge in [-0.1, -0.05) is 0 Å². The number of aromatic nitrogens is 1. The van der Waals surface area contributed by atoms with Crippen molar-refractivity contribution in [3.8, 4) is 0 Å². The van der Waals surface area contributed by atoms with Crippen LogP contribution in [0.5, 0.6) is 0 Å². The Morgan fingerprint density at radius 2 is 1.88 bits per heavy atom. The van der Waals surface area contributed by atoms with E-state index in [2.05, 4.69) is 4.98 Å². The highest BCUT2D eigenvalue weighted by atomic mass is 19.4. The second kappa shape index (κ2) is 6.16. The molecule has 0 bridgehead atoms. The first-order valence-corrected chi connectivity index (χ1v) is 8.60. The zero-order valence-electron chi connectivity index (χ0n) is 13.7. The smallest absolute Gasteiger partial charge is 0.368 e. The average Bonchev–Trinajstić information content (AvgIpc) is 3.29. The van der Waals surface area contributed by atoms with Gasteiger partial charge in [-0.05, 0) is 25.0 Å². The summed E-state index contributed by atoms with van der Waals surface area (Å²) in [6.07, 6.45) is -2.03. The Kier molecular flexibility index (Phi) is 4.10. The van der Waals surface area contributed by atoms with E-state index in [0.717, 1.165) is 38.2 Å². The zero-order chi connectivity index (χ0) is 17.6. The maximum Gasteiger partial charge on any atom is 0.417 e. The molecule has 25 heavy (non-hydrogen) atoms. The van der Waals surface area contributed by atoms with E-state index in [0.29, 0.717) is 37.4 Å². The van der Waals surface area contributed by atoms with Crippen LogP contribution in [0.1, 0.15) is 18.4 Å². The zero-order valence-corrected chi connectivity index (χ0v) is 13.7. The van der Waals surface area contributed by atoms with Gasteiger partial charge < -0.3 is 14.5 Å². The highest BCUT2D eigenvalue weighted by Crippen LogP contribution is 2.35. The average molecular weight is 355 g/mol. The number of rotatable bonds is 2. The molecule has 0 radical (unpaired) electrons. The molecule has 3 fully saturated rings. The Morgan fingerprint density at radius 1 is 1.16 bits per heavy atom. The summed E-state index contributed by atoms with van der Waals surface area (Å²) in [5.74, 6) is 1.34. The van der Waals surface area contributed by atoms with Gasteiger partial charge >= 0.3 is 6.18 Å². The predicted octanol–water partition coefficient (Wildman–Crippen LogP) is 2.17. The van der Waals surface area contributed by atoms with Crippen molar-refractivity contribution >= 4 is 11.7 Å². The van der Waals surface area contributed by atoms with Crippen molar-refractivity contribution in [3.63, 3.8) is 0 Å². The van der Waals surface area contributed by atoms with E-state index in [-0.39, 0.29) is 12.0 Å². The van der Waals surface area contributed by atoms with E-state index >= 15 is 0 Å². The molecule has 3 unspecified atom stereocenters. The fraction of sp³-hybridized carbons (Fsp3) is 0.647. The number of carbonyl (C=O) groups is 1. The van der Waals surface area contributed by atoms with Crippen molar-refractivity contribution < 1.29 is 22.7 Å². The van der Waals surface area contributed by atoms with Gasteiger partial charge in [0.1, 0.15) is 11.9 Å². The van der Waals surface area contributed by atoms with Crippen molar-refractivity contribution in [2.45, 2.75) is 25.1 Å². The molecule has 1 amide bonds. The molecule has 3 atom stereocenters. The maximum atomic E-state index is 12.6. The molecule has 8 heteroatoms. The van der Waals surface area contributed by atoms with E-state index in [1.807, 2.05) is 9.80 Å². The van der Waals surface area contributed by atoms with Gasteiger partial charge in [-0.25, -0.2) is 4.98 Å². The van der Waals surface area contributed by atoms with E-state index in [4.69, 9.17) is 4.74 Å². The number of anilines is 1. The number of alkyl halides is 3. The number of amides is 1. The van der Waals surface area contributed by atoms with E-state index in [1.165, 1.54) is 6.07 Å². The van der Waals surface area contributed by atoms with Crippen LogP contribution in [-0.2, 0) is 15.7 Å². The van der Waals surface area contributed by atoms with Gasteiger partial charge in [0.2, 0.25) is 0 Å². The number of hydrogen-bond donors (Lipinski definition) is 0. The Morgan fingerprint density at radius 3 is 2.40 bits per heavy atom. The summed E-state index contributed by atoms with van der Waals surface area (Å²) in [6.45, 7) is 3.49. The van der Waals surface area contributed by atoms with E-state index in [1.54, 1.807) is 0 Å². The highest BCUT2D eigenvalue weighted by Gasteiger charge is 2.43. The molecule has 136 valence electrons. The van der Waals surface area contributed by atoms with Crippen LogP contribution in [0, 0.1) is 11.8 Å². The molecular formula is C17H20F3N3O2. The second-order valence-corrected chi connectivity index (χ2v) is 7.07. The van der Waals surface area contributed by atoms with Crippen molar-refractivity contribution in [2.75, 3.05) is 37.7 Å². The van der Waals surface area contributed by atoms with Gasteiger partial charge in [0.25, 0.3) is 5.91 Å². The molecule has 0 aliphatic carbocycles. The number of pyridine rings is 1. The van der Waals surface area contributed by atoms with Crippen LogP contribution in [0.2, 0.25) is 0 Å². The van der Waals surface area contributed by atoms with E-state index < -0.39 is 11.7 Å². The fourth-order valence-corrected chi connectivity index (χ4v) is 4.08. The number of halogens is 3. The molecule has 3 saturated heterocycles. The first kappa shape index (κ1) is 16.6. The third-order valence-electron chi connectivity index (χ3n) is 5.40. The predicted molar refractivity (Wildman–Crippen MR) is 84.0 cm³/mol. The summed E-state index contributed by atoms with van der Waals surface area (Å²) in [5.41, 5.74) is -0.732. The first-order valence-electron chi connectivity index (χ1n) is 8.60. The van der Waals surface area contributed by atoms with Gasteiger partial charge in [0, 0.05) is 50.8 Å². The fourth-order valence-electron chi connectivity index (χ4n) is 4.08. The van der Waals surface area contributed by atoms with Crippen molar-refractivity contribution in [1.29, 1.82) is 0 Å². The van der Waals surface area contributed by atoms with Crippen molar-refractivity contribution in [3.05, 3.63) is 23.9 Å². The summed E-state index contributed by atoms with van der Waals surface area (Å²) in [7, 11) is 0. The molecular weight excluding hydrogens is 335 g/mol. The highest BCUT2D eigenvalue weighted by molar-refractivity contribution is 5.81. The minimum absolute atomic E-state index is 0.0890. The number of fused-ring (bicyclic) bond motifs is 1. The quantitative estimate of drug-likeness (QED) is 0.816. The molecule has 1 aromatic heterocycles. The van der Waals surface area contributed by atoms with Crippen LogP contribution in [0.15, 0.2) is 18.3 Å². The SMILES string of the molecule is O=C(C1CCCO1)N1CC2CN(c3ccc(C(F)(F)F)cn3)CC2C1. The number of likely N-dealkylation sites (tertiary alicyclic amines) is 1. The van der Waals surface area contributed by atoms with Gasteiger partial charge in [-0.15, -0.1) is 0 Å². The largest absolute Gasteiger partial charge is 0.417 e. The standard InChI is InChI=1S/C17H20F3N3O2/c18-17(19,20)13-3-4-15(21-6-13)22-7-11-9-23(10-12(11)8-22)16(24)14-2-1-5-25-14/h3-4,6,11-12,14H,1-2,5,7-10H2. The van der Waals surface area contributed by atoms with Crippen LogP contribution < -0.4 is 4.90 Å². The second-order valence-electron chi connectivity index (χ2n) is 7.07. The number of hydrogen-bond acceptors (Lipinski definition) is 4. The minimum atomic E-state index is -4.36. The topological polar surface area (TPSA) is 45.7 Å². The molecule has 3 aliphatic rings. The first-order chi connectivity index (χ1) is 11.9. The maximum absolute atomic E-state index is 12.6. The van der Waals surface area contributed by atoms with Gasteiger partial charge in [-0.2, -0.15) is 13.2 Å². The summed E-state index contributed by atoms with van der Waals surface area (Å²) < 4.78 is 43.4. The molecule has 1 aromatic rings. The lowest BCUT2D eigenvalue weighted by Crippen LogP contribution is -2.39. The molecule has 0 aromatic carbocycles. The van der Waals surface area contributed by atoms with E-state index in [9.17, 15) is 18.0 Å². The Balaban J connectivity index is 1.37. The van der Waals surface area contributed by atoms with Crippen LogP contribution in [0.25, 0.3) is 0 Å². The normalized spacial score (nSPS) is 29.3. The third-order valence-corrected chi connectivity index (χ3v) is 5.40. The molecule has 4 heterocycles. The van der Waals surface area contributed by atoms with Crippen LogP contribution >= 0.6 is 0 Å². The lowest BCUT2D eigenvalue weighted by Gasteiger charge is -2.24. The minimum Gasteiger partial charge on any atom is -0.368 e. The molecule has 4 rings (SSSR count). The Bertz CT molecular complexity index is 630. The lowest BCUT2D eigenvalue weighted by molar-refractivity contribution is -0.140. The summed E-state index contributed by atoms with van der Waals surface area (Å²) in [4.78, 5) is 20.3. The van der Waals surface area contributed by atoms with Crippen LogP contribution in [0.4, 0.5) is 19.0 Å². The molecule has 3 aliphatic heterocycles. The van der Waals surface area contributed by atoms with Gasteiger partial charge in [0.05, 0.1) is 5.56 Å². The Hall–Kier alpha value is -1.83. The lowest BCUT2D eigenvalue weighted by atomic mass is 10.0. The van der Waals surface area contributed by atoms with Gasteiger partial charge in [-0.3, -0.25) is 4.79 Å². The third kappa shape index (κ3) is 3.19. The summed E-state index contributed by atoms with van der Waals surface area (Å²) in [6, 6.07) is 2.50. The Labute approximate surface area is 143 Å². The molecule has 0 spiro atoms. The summed E-state index contributed by atoms with van der Waals surface area (Å²) >= 11 is 0. The molecule has 0 saturated carbocycles. The molecule has 0 N–H and O–H groups in total. The molecule has 5 nitrogen and oxygen atoms in total. The number of ether oxygens (including phenoxy) is 1. The van der Waals surface area contributed by atoms with Crippen molar-refractivity contribution in [2.24, 2.45) is 11.8 Å². The van der Waals surface area contributed by atoms with Crippen molar-refractivity contribution in [1.82, 2.24) is 9.88 Å². The monoisotopic (exact) mass is 355 g/mol. The van der Waals surface area contributed by atoms with Gasteiger partial charge in [0.15, 0.2) is 0 Å². The summed E-state index contributed by atoms with van der Waals surface area (Å²) in [5, 5.41) is 0. The van der Waals surface area contributed by atoms with Crippen LogP contribution in [0.3, 0.4) is 0 Å². The number of nitrogens with zero attached hydrogens (tertiary/aromatic N) is 3.